The molecule has 0 bridgehead atoms. The first kappa shape index (κ1) is 35.4. The topological polar surface area (TPSA) is 37.1 Å². The number of anilines is 4. The minimum atomic E-state index is -0.437. The Kier molecular flexibility index (Phi) is 9.13. The van der Waals surface area contributed by atoms with Crippen LogP contribution in [0.25, 0.3) is 49.9 Å². The molecule has 6 heteroatoms. The predicted molar refractivity (Wildman–Crippen MR) is 225 cm³/mol. The molecule has 7 aromatic carbocycles. The zero-order valence-corrected chi connectivity index (χ0v) is 33.1. The quantitative estimate of drug-likeness (QED) is 0.118. The van der Waals surface area contributed by atoms with Gasteiger partial charge in [0.1, 0.15) is 22.9 Å². The summed E-state index contributed by atoms with van der Waals surface area (Å²) in [5.74, 6) is 0.851. The Morgan fingerprint density at radius 3 is 1.96 bits per heavy atom. The maximum atomic E-state index is 5.07. The average Bonchev–Trinajstić information content (AvgIpc) is 3.81. The van der Waals surface area contributed by atoms with Crippen molar-refractivity contribution in [3.05, 3.63) is 205 Å². The van der Waals surface area contributed by atoms with Gasteiger partial charge in [-0.25, -0.2) is 4.98 Å². The molecule has 0 spiro atoms. The summed E-state index contributed by atoms with van der Waals surface area (Å²) in [5.41, 5.74) is 12.3. The van der Waals surface area contributed by atoms with Crippen LogP contribution in [0, 0.1) is 12.1 Å². The number of para-hydroxylation sites is 4. The van der Waals surface area contributed by atoms with E-state index < -0.39 is 5.41 Å². The van der Waals surface area contributed by atoms with Gasteiger partial charge in [-0.15, -0.1) is 22.6 Å². The molecule has 1 aliphatic heterocycles. The third-order valence-corrected chi connectivity index (χ3v) is 10.8. The second-order valence-electron chi connectivity index (χ2n) is 14.4. The Balaban J connectivity index is 0.00000410. The maximum Gasteiger partial charge on any atom is 0.148 e. The molecule has 0 radical (unpaired) electrons. The van der Waals surface area contributed by atoms with E-state index in [4.69, 9.17) is 9.92 Å². The minimum Gasteiger partial charge on any atom is -0.319 e. The van der Waals surface area contributed by atoms with Crippen LogP contribution in [-0.2, 0) is 26.5 Å². The van der Waals surface area contributed by atoms with Crippen molar-refractivity contribution in [3.8, 4) is 28.1 Å². The van der Waals surface area contributed by atoms with Gasteiger partial charge in [0.25, 0.3) is 0 Å². The standard InChI is InChI=1S/C50H36N4O.Pt/c1-50(2,37-18-15-21-40(33-37)54-47-27-14-13-26-46(47)53(55-54)39-19-7-4-8-20-39)38-28-29-44-43-24-11-12-25-45(43)52(48(44)34-38)49-32-36(30-31-51-49)42-23-10-9-22-41(42)35-16-5-3-6-17-35;/h3-32H,1-2H3;/q-2;/p+1. The van der Waals surface area contributed by atoms with Crippen LogP contribution in [0.2, 0.25) is 0 Å². The van der Waals surface area contributed by atoms with Gasteiger partial charge >= 0.3 is 0 Å². The SMILES string of the molecule is CC(C)(c1[c-]c(N2[OH+]N(c3ccccc3)c3ccccc32)ccc1)c1[c-]c2c(cc1)c1ccccc1n2-c1cc(-c2ccccc2-c2ccccc2)ccn1.[Pt]. The predicted octanol–water partition coefficient (Wildman–Crippen LogP) is 12.6. The van der Waals surface area contributed by atoms with Crippen LogP contribution in [0.5, 0.6) is 0 Å². The first-order valence-corrected chi connectivity index (χ1v) is 18.6. The molecule has 56 heavy (non-hydrogen) atoms. The van der Waals surface area contributed by atoms with E-state index in [1.807, 2.05) is 34.5 Å². The fourth-order valence-electron chi connectivity index (χ4n) is 7.84. The summed E-state index contributed by atoms with van der Waals surface area (Å²) in [5, 5.41) is 6.28. The molecule has 9 aromatic rings. The van der Waals surface area contributed by atoms with Crippen molar-refractivity contribution in [3.63, 3.8) is 0 Å². The van der Waals surface area contributed by atoms with Crippen molar-refractivity contribution in [2.75, 3.05) is 10.1 Å². The van der Waals surface area contributed by atoms with Gasteiger partial charge in [-0.2, -0.15) is 46.4 Å². The van der Waals surface area contributed by atoms with Crippen molar-refractivity contribution in [1.29, 1.82) is 0 Å². The first-order valence-electron chi connectivity index (χ1n) is 18.6. The third-order valence-electron chi connectivity index (χ3n) is 10.8. The van der Waals surface area contributed by atoms with E-state index in [2.05, 4.69) is 188 Å². The summed E-state index contributed by atoms with van der Waals surface area (Å²) in [6.07, 6.45) is 1.92. The minimum absolute atomic E-state index is 0. The van der Waals surface area contributed by atoms with Crippen LogP contribution in [-0.4, -0.2) is 14.5 Å². The third kappa shape index (κ3) is 6.01. The fourth-order valence-corrected chi connectivity index (χ4v) is 7.84. The van der Waals surface area contributed by atoms with Gasteiger partial charge in [-0.3, -0.25) is 0 Å². The van der Waals surface area contributed by atoms with Gasteiger partial charge in [0.05, 0.1) is 0 Å². The molecule has 1 aliphatic rings. The number of nitrogens with zero attached hydrogens (tertiary/aromatic N) is 4. The van der Waals surface area contributed by atoms with Crippen LogP contribution >= 0.6 is 0 Å². The van der Waals surface area contributed by atoms with Crippen molar-refractivity contribution in [1.82, 2.24) is 9.55 Å². The van der Waals surface area contributed by atoms with E-state index in [9.17, 15) is 0 Å². The monoisotopic (exact) mass is 904 g/mol. The van der Waals surface area contributed by atoms with Gasteiger partial charge in [0, 0.05) is 38.5 Å². The Labute approximate surface area is 341 Å². The Hall–Kier alpha value is -6.26. The summed E-state index contributed by atoms with van der Waals surface area (Å²) in [4.78, 5) is 10.1. The van der Waals surface area contributed by atoms with E-state index in [-0.39, 0.29) is 21.1 Å². The first-order chi connectivity index (χ1) is 27.0. The summed E-state index contributed by atoms with van der Waals surface area (Å²) in [6, 6.07) is 69.1. The molecular formula is C50H37N4OPt-. The molecule has 0 amide bonds. The molecule has 0 saturated carbocycles. The summed E-state index contributed by atoms with van der Waals surface area (Å²) < 4.78 is 2.26. The largest absolute Gasteiger partial charge is 0.319 e. The number of aromatic nitrogens is 2. The summed E-state index contributed by atoms with van der Waals surface area (Å²) in [6.45, 7) is 4.50. The number of hydrogen-bond acceptors (Lipinski definition) is 3. The number of fused-ring (bicyclic) bond motifs is 4. The van der Waals surface area contributed by atoms with E-state index in [1.54, 1.807) is 0 Å². The van der Waals surface area contributed by atoms with E-state index in [0.29, 0.717) is 0 Å². The maximum absolute atomic E-state index is 5.07. The zero-order chi connectivity index (χ0) is 36.9. The van der Waals surface area contributed by atoms with E-state index in [0.717, 1.165) is 61.7 Å². The van der Waals surface area contributed by atoms with Crippen LogP contribution in [0.3, 0.4) is 0 Å². The second kappa shape index (κ2) is 14.4. The van der Waals surface area contributed by atoms with Gasteiger partial charge in [0.2, 0.25) is 0 Å². The molecule has 3 heterocycles. The molecule has 1 N–H and O–H groups in total. The number of rotatable bonds is 7. The molecule has 0 unspecified atom stereocenters. The zero-order valence-electron chi connectivity index (χ0n) is 30.9. The molecule has 0 aliphatic carbocycles. The van der Waals surface area contributed by atoms with Gasteiger partial charge in [-0.05, 0) is 75.5 Å². The molecule has 2 aromatic heterocycles. The molecule has 0 fully saturated rings. The fraction of sp³-hybridized carbons (Fsp3) is 0.0600. The van der Waals surface area contributed by atoms with E-state index >= 15 is 0 Å². The second-order valence-corrected chi connectivity index (χ2v) is 14.4. The van der Waals surface area contributed by atoms with Crippen LogP contribution in [0.15, 0.2) is 182 Å². The van der Waals surface area contributed by atoms with Gasteiger partial charge < -0.3 is 4.57 Å². The Bertz CT molecular complexity index is 2850. The number of hydrogen-bond donors (Lipinski definition) is 0. The average molecular weight is 905 g/mol. The normalized spacial score (nSPS) is 12.5. The molecule has 0 saturated heterocycles. The van der Waals surface area contributed by atoms with Crippen molar-refractivity contribution < 1.29 is 26.0 Å². The number of benzene rings is 7. The van der Waals surface area contributed by atoms with Crippen molar-refractivity contribution >= 4 is 44.6 Å². The summed E-state index contributed by atoms with van der Waals surface area (Å²) in [7, 11) is 0. The summed E-state index contributed by atoms with van der Waals surface area (Å²) >= 11 is 0. The van der Waals surface area contributed by atoms with Crippen LogP contribution in [0.1, 0.15) is 25.0 Å². The Morgan fingerprint density at radius 2 is 1.18 bits per heavy atom. The smallest absolute Gasteiger partial charge is 0.148 e. The van der Waals surface area contributed by atoms with Crippen LogP contribution < -0.4 is 10.1 Å². The van der Waals surface area contributed by atoms with Gasteiger partial charge in [-0.1, -0.05) is 128 Å². The molecule has 10 rings (SSSR count). The van der Waals surface area contributed by atoms with Crippen molar-refractivity contribution in [2.45, 2.75) is 19.3 Å². The molecule has 0 atom stereocenters. The molecule has 274 valence electrons. The van der Waals surface area contributed by atoms with E-state index in [1.165, 1.54) is 22.1 Å². The van der Waals surface area contributed by atoms with Crippen molar-refractivity contribution in [2.24, 2.45) is 0 Å². The molecule has 5 nitrogen and oxygen atoms in total. The Morgan fingerprint density at radius 1 is 0.536 bits per heavy atom. The number of pyridine rings is 1. The van der Waals surface area contributed by atoms with Crippen LogP contribution in [0.4, 0.5) is 22.7 Å². The molecular weight excluding hydrogens is 868 g/mol. The van der Waals surface area contributed by atoms with Gasteiger partial charge in [0.15, 0.2) is 0 Å².